The third kappa shape index (κ3) is 3.36. The zero-order valence-corrected chi connectivity index (χ0v) is 14.9. The zero-order valence-electron chi connectivity index (χ0n) is 14.9. The van der Waals surface area contributed by atoms with Gasteiger partial charge < -0.3 is 9.80 Å². The third-order valence-electron chi connectivity index (χ3n) is 5.33. The second-order valence-corrected chi connectivity index (χ2v) is 7.24. The highest BCUT2D eigenvalue weighted by atomic mass is 16.2. The lowest BCUT2D eigenvalue weighted by Gasteiger charge is -2.36. The molecule has 0 aromatic heterocycles. The van der Waals surface area contributed by atoms with Gasteiger partial charge in [0.15, 0.2) is 6.54 Å². The largest absolute Gasteiger partial charge is 0.321 e. The molecule has 0 aliphatic carbocycles. The van der Waals surface area contributed by atoms with Crippen molar-refractivity contribution in [3.05, 3.63) is 65.2 Å². The molecule has 2 unspecified atom stereocenters. The number of amides is 1. The Morgan fingerprint density at radius 2 is 1.75 bits per heavy atom. The third-order valence-corrected chi connectivity index (χ3v) is 5.33. The topological polar surface area (TPSA) is 29.1 Å². The number of likely N-dealkylation sites (N-methyl/N-ethyl adjacent to an activating group) is 1. The molecule has 0 radical (unpaired) electrons. The van der Waals surface area contributed by atoms with Crippen LogP contribution in [0.5, 0.6) is 0 Å². The maximum absolute atomic E-state index is 12.7. The van der Waals surface area contributed by atoms with Crippen LogP contribution in [-0.4, -0.2) is 30.5 Å². The SMILES string of the molecule is Cc1cccc(C)c1NC(=O)C[N+]1(C)CCCC1c1ccccc1. The molecule has 1 saturated heterocycles. The smallest absolute Gasteiger partial charge is 0.279 e. The monoisotopic (exact) mass is 323 g/mol. The van der Waals surface area contributed by atoms with E-state index in [2.05, 4.69) is 42.7 Å². The van der Waals surface area contributed by atoms with Crippen molar-refractivity contribution in [2.45, 2.75) is 32.7 Å². The van der Waals surface area contributed by atoms with E-state index in [1.165, 1.54) is 12.0 Å². The summed E-state index contributed by atoms with van der Waals surface area (Å²) >= 11 is 0. The molecule has 2 aromatic rings. The van der Waals surface area contributed by atoms with E-state index in [0.29, 0.717) is 12.6 Å². The number of hydrogen-bond acceptors (Lipinski definition) is 1. The van der Waals surface area contributed by atoms with Gasteiger partial charge in [0.25, 0.3) is 5.91 Å². The summed E-state index contributed by atoms with van der Waals surface area (Å²) in [6.07, 6.45) is 2.32. The van der Waals surface area contributed by atoms with Gasteiger partial charge in [-0.1, -0.05) is 48.5 Å². The maximum atomic E-state index is 12.7. The first-order valence-corrected chi connectivity index (χ1v) is 8.75. The van der Waals surface area contributed by atoms with Crippen LogP contribution in [0.3, 0.4) is 0 Å². The Labute approximate surface area is 144 Å². The normalized spacial score (nSPS) is 23.2. The molecule has 0 saturated carbocycles. The first kappa shape index (κ1) is 16.7. The first-order valence-electron chi connectivity index (χ1n) is 8.75. The molecular weight excluding hydrogens is 296 g/mol. The number of nitrogens with one attached hydrogen (secondary N) is 1. The summed E-state index contributed by atoms with van der Waals surface area (Å²) in [5.74, 6) is 0.109. The van der Waals surface area contributed by atoms with Gasteiger partial charge in [0.05, 0.1) is 13.6 Å². The summed E-state index contributed by atoms with van der Waals surface area (Å²) in [7, 11) is 2.22. The van der Waals surface area contributed by atoms with Gasteiger partial charge in [-0.3, -0.25) is 4.79 Å². The van der Waals surface area contributed by atoms with E-state index in [1.807, 2.05) is 32.0 Å². The van der Waals surface area contributed by atoms with Crippen LogP contribution in [0.25, 0.3) is 0 Å². The molecule has 3 rings (SSSR count). The maximum Gasteiger partial charge on any atom is 0.279 e. The Morgan fingerprint density at radius 3 is 2.42 bits per heavy atom. The average molecular weight is 323 g/mol. The highest BCUT2D eigenvalue weighted by Gasteiger charge is 2.40. The van der Waals surface area contributed by atoms with Crippen LogP contribution in [0.2, 0.25) is 0 Å². The van der Waals surface area contributed by atoms with E-state index >= 15 is 0 Å². The lowest BCUT2D eigenvalue weighted by Crippen LogP contribution is -2.48. The molecule has 1 heterocycles. The standard InChI is InChI=1S/C21H26N2O/c1-16-9-7-10-17(2)21(16)22-20(24)15-23(3)14-8-13-19(23)18-11-5-4-6-12-18/h4-7,9-12,19H,8,13-15H2,1-3H3/p+1. The molecular formula is C21H27N2O+. The van der Waals surface area contributed by atoms with Crippen molar-refractivity contribution in [2.75, 3.05) is 25.5 Å². The fourth-order valence-corrected chi connectivity index (χ4v) is 4.02. The Bertz CT molecular complexity index is 706. The van der Waals surface area contributed by atoms with Crippen LogP contribution in [-0.2, 0) is 4.79 Å². The molecule has 0 bridgehead atoms. The molecule has 3 nitrogen and oxygen atoms in total. The van der Waals surface area contributed by atoms with Crippen molar-refractivity contribution in [2.24, 2.45) is 0 Å². The number of carbonyl (C=O) groups is 1. The summed E-state index contributed by atoms with van der Waals surface area (Å²) in [4.78, 5) is 12.7. The predicted octanol–water partition coefficient (Wildman–Crippen LogP) is 4.22. The number of para-hydroxylation sites is 1. The van der Waals surface area contributed by atoms with Crippen molar-refractivity contribution in [3.8, 4) is 0 Å². The lowest BCUT2D eigenvalue weighted by molar-refractivity contribution is -0.919. The molecule has 1 fully saturated rings. The number of hydrogen-bond donors (Lipinski definition) is 1. The van der Waals surface area contributed by atoms with Gasteiger partial charge in [-0.25, -0.2) is 0 Å². The molecule has 3 heteroatoms. The van der Waals surface area contributed by atoms with Crippen LogP contribution in [0.4, 0.5) is 5.69 Å². The van der Waals surface area contributed by atoms with Gasteiger partial charge in [0.1, 0.15) is 6.04 Å². The van der Waals surface area contributed by atoms with Crippen molar-refractivity contribution in [3.63, 3.8) is 0 Å². The molecule has 126 valence electrons. The number of aryl methyl sites for hydroxylation is 2. The summed E-state index contributed by atoms with van der Waals surface area (Å²) in [5.41, 5.74) is 4.54. The van der Waals surface area contributed by atoms with E-state index in [1.54, 1.807) is 0 Å². The van der Waals surface area contributed by atoms with Crippen molar-refractivity contribution in [1.29, 1.82) is 0 Å². The lowest BCUT2D eigenvalue weighted by atomic mass is 10.0. The number of carbonyl (C=O) groups excluding carboxylic acids is 1. The molecule has 1 amide bonds. The zero-order chi connectivity index (χ0) is 17.2. The minimum atomic E-state index is 0.109. The van der Waals surface area contributed by atoms with Crippen LogP contribution in [0.15, 0.2) is 48.5 Å². The minimum absolute atomic E-state index is 0.109. The van der Waals surface area contributed by atoms with Crippen molar-refractivity contribution < 1.29 is 9.28 Å². The summed E-state index contributed by atoms with van der Waals surface area (Å²) in [5, 5.41) is 3.15. The van der Waals surface area contributed by atoms with E-state index in [-0.39, 0.29) is 5.91 Å². The number of benzene rings is 2. The first-order chi connectivity index (χ1) is 11.5. The van der Waals surface area contributed by atoms with E-state index < -0.39 is 0 Å². The number of likely N-dealkylation sites (tertiary alicyclic amines) is 1. The predicted molar refractivity (Wildman–Crippen MR) is 98.9 cm³/mol. The van der Waals surface area contributed by atoms with Crippen LogP contribution in [0, 0.1) is 13.8 Å². The second-order valence-electron chi connectivity index (χ2n) is 7.24. The Balaban J connectivity index is 1.75. The van der Waals surface area contributed by atoms with Crippen LogP contribution >= 0.6 is 0 Å². The van der Waals surface area contributed by atoms with Crippen LogP contribution < -0.4 is 5.32 Å². The summed E-state index contributed by atoms with van der Waals surface area (Å²) < 4.78 is 0.792. The van der Waals surface area contributed by atoms with Gasteiger partial charge in [0.2, 0.25) is 0 Å². The number of nitrogens with zero attached hydrogens (tertiary/aromatic N) is 1. The second kappa shape index (κ2) is 6.78. The average Bonchev–Trinajstić information content (AvgIpc) is 2.93. The molecule has 1 N–H and O–H groups in total. The molecule has 0 spiro atoms. The Kier molecular flexibility index (Phi) is 4.72. The summed E-state index contributed by atoms with van der Waals surface area (Å²) in [6.45, 7) is 5.66. The van der Waals surface area contributed by atoms with Gasteiger partial charge in [-0.15, -0.1) is 0 Å². The minimum Gasteiger partial charge on any atom is -0.321 e. The van der Waals surface area contributed by atoms with Gasteiger partial charge in [0, 0.05) is 24.1 Å². The highest BCUT2D eigenvalue weighted by molar-refractivity contribution is 5.93. The number of anilines is 1. The van der Waals surface area contributed by atoms with Gasteiger partial charge in [-0.2, -0.15) is 0 Å². The van der Waals surface area contributed by atoms with Gasteiger partial charge >= 0.3 is 0 Å². The van der Waals surface area contributed by atoms with E-state index in [9.17, 15) is 4.79 Å². The molecule has 1 aliphatic heterocycles. The molecule has 2 aromatic carbocycles. The molecule has 2 atom stereocenters. The Hall–Kier alpha value is -2.13. The number of quaternary nitrogens is 1. The van der Waals surface area contributed by atoms with Crippen molar-refractivity contribution >= 4 is 11.6 Å². The Morgan fingerprint density at radius 1 is 1.08 bits per heavy atom. The van der Waals surface area contributed by atoms with E-state index in [0.717, 1.165) is 34.3 Å². The quantitative estimate of drug-likeness (QED) is 0.839. The molecule has 1 aliphatic rings. The summed E-state index contributed by atoms with van der Waals surface area (Å²) in [6, 6.07) is 17.1. The van der Waals surface area contributed by atoms with Crippen LogP contribution in [0.1, 0.15) is 35.6 Å². The van der Waals surface area contributed by atoms with Gasteiger partial charge in [-0.05, 0) is 25.0 Å². The fraction of sp³-hybridized carbons (Fsp3) is 0.381. The fourth-order valence-electron chi connectivity index (χ4n) is 4.02. The van der Waals surface area contributed by atoms with E-state index in [4.69, 9.17) is 0 Å². The molecule has 24 heavy (non-hydrogen) atoms. The van der Waals surface area contributed by atoms with Crippen molar-refractivity contribution in [1.82, 2.24) is 0 Å². The highest BCUT2D eigenvalue weighted by Crippen LogP contribution is 2.37. The number of rotatable bonds is 4.